The number of amides is 2. The highest BCUT2D eigenvalue weighted by molar-refractivity contribution is 6.00. The Labute approximate surface area is 180 Å². The van der Waals surface area contributed by atoms with E-state index in [1.54, 1.807) is 13.8 Å². The molecule has 1 atom stereocenters. The number of carbonyl (C=O) groups excluding carboxylic acids is 1. The molecule has 10 nitrogen and oxygen atoms in total. The lowest BCUT2D eigenvalue weighted by molar-refractivity contribution is -0.137. The molecule has 3 aromatic rings. The largest absolute Gasteiger partial charge is 0.420 e. The van der Waals surface area contributed by atoms with Crippen molar-refractivity contribution in [3.63, 3.8) is 0 Å². The van der Waals surface area contributed by atoms with Gasteiger partial charge in [0.15, 0.2) is 5.82 Å². The van der Waals surface area contributed by atoms with Crippen LogP contribution in [0.3, 0.4) is 0 Å². The normalized spacial score (nSPS) is 12.2. The summed E-state index contributed by atoms with van der Waals surface area (Å²) in [5.41, 5.74) is -0.0997. The van der Waals surface area contributed by atoms with E-state index < -0.39 is 29.7 Å². The number of halogens is 3. The third-order valence-electron chi connectivity index (χ3n) is 4.47. The fraction of sp³-hybridized carbons (Fsp3) is 0.263. The van der Waals surface area contributed by atoms with Gasteiger partial charge < -0.3 is 15.4 Å². The quantitative estimate of drug-likeness (QED) is 0.612. The topological polar surface area (TPSA) is 131 Å². The van der Waals surface area contributed by atoms with E-state index in [0.29, 0.717) is 11.3 Å². The van der Waals surface area contributed by atoms with E-state index in [9.17, 15) is 23.2 Å². The lowest BCUT2D eigenvalue weighted by Gasteiger charge is -2.18. The van der Waals surface area contributed by atoms with E-state index in [2.05, 4.69) is 30.8 Å². The molecule has 0 aromatic carbocycles. The SMILES string of the molecule is COC(C)c1c(NC(=O)Nc2cnc(-n3nccn3)c(C(F)(F)F)c2)cnc(C)c1C#N. The Morgan fingerprint density at radius 1 is 1.22 bits per heavy atom. The summed E-state index contributed by atoms with van der Waals surface area (Å²) in [5, 5.41) is 21.6. The molecule has 0 aliphatic carbocycles. The van der Waals surface area contributed by atoms with Gasteiger partial charge in [0.2, 0.25) is 0 Å². The summed E-state index contributed by atoms with van der Waals surface area (Å²) < 4.78 is 45.8. The first-order valence-corrected chi connectivity index (χ1v) is 9.10. The number of ether oxygens (including phenoxy) is 1. The Hall–Kier alpha value is -4.05. The average molecular weight is 446 g/mol. The predicted octanol–water partition coefficient (Wildman–Crippen LogP) is 3.61. The molecule has 3 rings (SSSR count). The molecule has 32 heavy (non-hydrogen) atoms. The zero-order valence-electron chi connectivity index (χ0n) is 17.1. The summed E-state index contributed by atoms with van der Waals surface area (Å²) in [7, 11) is 1.44. The van der Waals surface area contributed by atoms with Gasteiger partial charge in [-0.3, -0.25) is 4.98 Å². The predicted molar refractivity (Wildman–Crippen MR) is 106 cm³/mol. The Kier molecular flexibility index (Phi) is 6.35. The maximum absolute atomic E-state index is 13.5. The number of nitrogens with zero attached hydrogens (tertiary/aromatic N) is 6. The van der Waals surface area contributed by atoms with Crippen molar-refractivity contribution in [1.82, 2.24) is 25.0 Å². The first kappa shape index (κ1) is 22.6. The first-order chi connectivity index (χ1) is 15.2. The van der Waals surface area contributed by atoms with Gasteiger partial charge in [-0.2, -0.15) is 28.6 Å². The van der Waals surface area contributed by atoms with E-state index in [4.69, 9.17) is 4.74 Å². The number of pyridine rings is 2. The Bertz CT molecular complexity index is 1170. The van der Waals surface area contributed by atoms with E-state index >= 15 is 0 Å². The summed E-state index contributed by atoms with van der Waals surface area (Å²) in [6.07, 6.45) is -0.516. The van der Waals surface area contributed by atoms with Crippen molar-refractivity contribution < 1.29 is 22.7 Å². The molecule has 1 unspecified atom stereocenters. The van der Waals surface area contributed by atoms with E-state index in [1.165, 1.54) is 25.7 Å². The second-order valence-electron chi connectivity index (χ2n) is 6.53. The highest BCUT2D eigenvalue weighted by Gasteiger charge is 2.36. The summed E-state index contributed by atoms with van der Waals surface area (Å²) in [5.74, 6) is -0.536. The second-order valence-corrected chi connectivity index (χ2v) is 6.53. The van der Waals surface area contributed by atoms with Gasteiger partial charge in [-0.1, -0.05) is 0 Å². The van der Waals surface area contributed by atoms with Crippen molar-refractivity contribution in [2.75, 3.05) is 17.7 Å². The smallest absolute Gasteiger partial charge is 0.377 e. The lowest BCUT2D eigenvalue weighted by atomic mass is 10.0. The molecule has 0 aliphatic rings. The number of nitriles is 1. The first-order valence-electron chi connectivity index (χ1n) is 9.10. The lowest BCUT2D eigenvalue weighted by Crippen LogP contribution is -2.23. The van der Waals surface area contributed by atoms with Gasteiger partial charge >= 0.3 is 12.2 Å². The van der Waals surface area contributed by atoms with Crippen LogP contribution in [-0.4, -0.2) is 38.1 Å². The molecule has 166 valence electrons. The van der Waals surface area contributed by atoms with Gasteiger partial charge in [0.05, 0.1) is 53.5 Å². The fourth-order valence-corrected chi connectivity index (χ4v) is 2.91. The molecule has 0 bridgehead atoms. The Morgan fingerprint density at radius 2 is 1.91 bits per heavy atom. The Balaban J connectivity index is 1.90. The van der Waals surface area contributed by atoms with Crippen LogP contribution in [0.15, 0.2) is 30.9 Å². The second kappa shape index (κ2) is 8.98. The molecule has 0 saturated heterocycles. The minimum absolute atomic E-state index is 0.181. The summed E-state index contributed by atoms with van der Waals surface area (Å²) in [4.78, 5) is 21.0. The number of anilines is 2. The molecular weight excluding hydrogens is 429 g/mol. The number of rotatable bonds is 5. The van der Waals surface area contributed by atoms with Crippen LogP contribution in [-0.2, 0) is 10.9 Å². The fourth-order valence-electron chi connectivity index (χ4n) is 2.91. The number of alkyl halides is 3. The number of carbonyl (C=O) groups is 1. The van der Waals surface area contributed by atoms with Crippen LogP contribution >= 0.6 is 0 Å². The van der Waals surface area contributed by atoms with Gasteiger partial charge in [0.25, 0.3) is 0 Å². The highest BCUT2D eigenvalue weighted by Crippen LogP contribution is 2.34. The molecule has 0 fully saturated rings. The summed E-state index contributed by atoms with van der Waals surface area (Å²) in [6.45, 7) is 3.31. The van der Waals surface area contributed by atoms with Gasteiger partial charge in [-0.05, 0) is 19.9 Å². The van der Waals surface area contributed by atoms with Crippen LogP contribution in [0.2, 0.25) is 0 Å². The van der Waals surface area contributed by atoms with Gasteiger partial charge in [0.1, 0.15) is 11.6 Å². The molecule has 3 aromatic heterocycles. The molecule has 13 heteroatoms. The molecule has 0 radical (unpaired) electrons. The molecule has 0 spiro atoms. The number of aryl methyl sites for hydroxylation is 1. The zero-order chi connectivity index (χ0) is 23.5. The highest BCUT2D eigenvalue weighted by atomic mass is 19.4. The third kappa shape index (κ3) is 4.65. The number of aromatic nitrogens is 5. The van der Waals surface area contributed by atoms with Crippen molar-refractivity contribution in [3.05, 3.63) is 53.2 Å². The Morgan fingerprint density at radius 3 is 2.50 bits per heavy atom. The maximum atomic E-state index is 13.5. The summed E-state index contributed by atoms with van der Waals surface area (Å²) >= 11 is 0. The molecule has 3 heterocycles. The maximum Gasteiger partial charge on any atom is 0.420 e. The molecule has 2 amide bonds. The number of nitrogens with one attached hydrogen (secondary N) is 2. The van der Waals surface area contributed by atoms with E-state index in [-0.39, 0.29) is 16.9 Å². The van der Waals surface area contributed by atoms with Gasteiger partial charge in [0, 0.05) is 12.7 Å². The van der Waals surface area contributed by atoms with Crippen LogP contribution in [0.25, 0.3) is 5.82 Å². The van der Waals surface area contributed by atoms with Crippen LogP contribution in [0, 0.1) is 18.3 Å². The van der Waals surface area contributed by atoms with Crippen molar-refractivity contribution >= 4 is 17.4 Å². The minimum Gasteiger partial charge on any atom is -0.377 e. The van der Waals surface area contributed by atoms with Gasteiger partial charge in [-0.25, -0.2) is 9.78 Å². The molecule has 2 N–H and O–H groups in total. The average Bonchev–Trinajstić information content (AvgIpc) is 3.28. The third-order valence-corrected chi connectivity index (χ3v) is 4.47. The molecular formula is C19H17F3N8O2. The van der Waals surface area contributed by atoms with Gasteiger partial charge in [-0.15, -0.1) is 4.80 Å². The monoisotopic (exact) mass is 446 g/mol. The number of hydrogen-bond donors (Lipinski definition) is 2. The van der Waals surface area contributed by atoms with Crippen LogP contribution in [0.4, 0.5) is 29.3 Å². The molecule has 0 saturated carbocycles. The zero-order valence-corrected chi connectivity index (χ0v) is 17.1. The van der Waals surface area contributed by atoms with E-state index in [1.807, 2.05) is 6.07 Å². The number of hydrogen-bond acceptors (Lipinski definition) is 7. The number of methoxy groups -OCH3 is 1. The van der Waals surface area contributed by atoms with Crippen LogP contribution in [0.1, 0.15) is 35.4 Å². The van der Waals surface area contributed by atoms with Crippen molar-refractivity contribution in [1.29, 1.82) is 5.26 Å². The van der Waals surface area contributed by atoms with Crippen molar-refractivity contribution in [3.8, 4) is 11.9 Å². The van der Waals surface area contributed by atoms with Crippen molar-refractivity contribution in [2.45, 2.75) is 26.1 Å². The van der Waals surface area contributed by atoms with E-state index in [0.717, 1.165) is 17.1 Å². The standard InChI is InChI=1S/C19H17F3N8O2/c1-10-13(7-23)16(11(2)32-3)15(9-24-10)29-18(31)28-12-6-14(19(20,21)22)17(25-8-12)30-26-4-5-27-30/h4-6,8-9,11H,1-3H3,(H2,28,29,31). The van der Waals surface area contributed by atoms with Crippen molar-refractivity contribution in [2.24, 2.45) is 0 Å². The summed E-state index contributed by atoms with van der Waals surface area (Å²) in [6, 6.07) is 1.89. The number of urea groups is 1. The van der Waals surface area contributed by atoms with Crippen LogP contribution in [0.5, 0.6) is 0 Å². The minimum atomic E-state index is -4.77. The van der Waals surface area contributed by atoms with Crippen LogP contribution < -0.4 is 10.6 Å². The molecule has 0 aliphatic heterocycles.